The zero-order chi connectivity index (χ0) is 17.5. The number of phenols is 1. The van der Waals surface area contributed by atoms with Crippen LogP contribution in [0, 0.1) is 17.0 Å². The number of phenolic OH excluding ortho intramolecular Hbond substituents is 1. The van der Waals surface area contributed by atoms with Crippen LogP contribution >= 0.6 is 0 Å². The van der Waals surface area contributed by atoms with E-state index >= 15 is 0 Å². The first-order valence-corrected chi connectivity index (χ1v) is 7.05. The molecular formula is C16H16N4O4. The molecule has 1 amide bonds. The molecule has 0 aliphatic rings. The molecule has 2 aromatic rings. The Hall–Kier alpha value is -3.42. The Morgan fingerprint density at radius 2 is 2.00 bits per heavy atom. The molecule has 0 aliphatic heterocycles. The number of benzene rings is 2. The summed E-state index contributed by atoms with van der Waals surface area (Å²) < 4.78 is 0. The molecule has 0 saturated heterocycles. The van der Waals surface area contributed by atoms with Crippen molar-refractivity contribution in [3.8, 4) is 5.75 Å². The van der Waals surface area contributed by atoms with Gasteiger partial charge in [-0.1, -0.05) is 17.7 Å². The maximum atomic E-state index is 11.7. The van der Waals surface area contributed by atoms with E-state index in [1.54, 1.807) is 0 Å². The van der Waals surface area contributed by atoms with Crippen LogP contribution in [0.4, 0.5) is 11.4 Å². The summed E-state index contributed by atoms with van der Waals surface area (Å²) in [4.78, 5) is 21.7. The number of aryl methyl sites for hydroxylation is 1. The Morgan fingerprint density at radius 3 is 2.67 bits per heavy atom. The number of hydrazone groups is 1. The normalized spacial score (nSPS) is 10.5. The highest BCUT2D eigenvalue weighted by Gasteiger charge is 2.12. The van der Waals surface area contributed by atoms with E-state index in [4.69, 9.17) is 0 Å². The van der Waals surface area contributed by atoms with Crippen LogP contribution in [0.25, 0.3) is 0 Å². The summed E-state index contributed by atoms with van der Waals surface area (Å²) in [6, 6.07) is 11.4. The fraction of sp³-hybridized carbons (Fsp3) is 0.125. The van der Waals surface area contributed by atoms with Gasteiger partial charge in [-0.3, -0.25) is 14.9 Å². The molecule has 0 bridgehead atoms. The summed E-state index contributed by atoms with van der Waals surface area (Å²) in [5.41, 5.74) is 4.20. The molecule has 2 rings (SSSR count). The highest BCUT2D eigenvalue weighted by atomic mass is 16.6. The highest BCUT2D eigenvalue weighted by Crippen LogP contribution is 2.25. The summed E-state index contributed by atoms with van der Waals surface area (Å²) >= 11 is 0. The van der Waals surface area contributed by atoms with E-state index in [2.05, 4.69) is 15.8 Å². The average Bonchev–Trinajstić information content (AvgIpc) is 2.55. The molecule has 0 saturated carbocycles. The number of aromatic hydroxyl groups is 1. The van der Waals surface area contributed by atoms with Crippen molar-refractivity contribution in [1.29, 1.82) is 0 Å². The lowest BCUT2D eigenvalue weighted by Crippen LogP contribution is -2.25. The van der Waals surface area contributed by atoms with Crippen molar-refractivity contribution in [3.05, 3.63) is 63.7 Å². The number of carbonyl (C=O) groups excluding carboxylic acids is 1. The van der Waals surface area contributed by atoms with Gasteiger partial charge in [-0.2, -0.15) is 5.10 Å². The monoisotopic (exact) mass is 328 g/mol. The van der Waals surface area contributed by atoms with Gasteiger partial charge in [0.15, 0.2) is 5.75 Å². The van der Waals surface area contributed by atoms with Crippen molar-refractivity contribution in [2.45, 2.75) is 6.92 Å². The number of carbonyl (C=O) groups is 1. The minimum absolute atomic E-state index is 0.0378. The summed E-state index contributed by atoms with van der Waals surface area (Å²) in [6.45, 7) is 2.01. The van der Waals surface area contributed by atoms with Gasteiger partial charge in [0, 0.05) is 17.3 Å². The smallest absolute Gasteiger partial charge is 0.311 e. The third-order valence-electron chi connectivity index (χ3n) is 3.10. The maximum absolute atomic E-state index is 11.7. The Kier molecular flexibility index (Phi) is 5.45. The molecule has 8 nitrogen and oxygen atoms in total. The topological polar surface area (TPSA) is 117 Å². The van der Waals surface area contributed by atoms with Gasteiger partial charge in [-0.15, -0.1) is 0 Å². The van der Waals surface area contributed by atoms with Crippen molar-refractivity contribution in [2.24, 2.45) is 5.10 Å². The van der Waals surface area contributed by atoms with Gasteiger partial charge in [0.25, 0.3) is 5.91 Å². The number of nitrogens with zero attached hydrogens (tertiary/aromatic N) is 2. The van der Waals surface area contributed by atoms with E-state index in [1.807, 2.05) is 31.2 Å². The summed E-state index contributed by atoms with van der Waals surface area (Å²) in [5.74, 6) is -0.788. The molecule has 3 N–H and O–H groups in total. The fourth-order valence-corrected chi connectivity index (χ4v) is 1.84. The van der Waals surface area contributed by atoms with Crippen molar-refractivity contribution >= 4 is 23.5 Å². The van der Waals surface area contributed by atoms with Gasteiger partial charge in [-0.25, -0.2) is 5.43 Å². The first-order chi connectivity index (χ1) is 11.5. The summed E-state index contributed by atoms with van der Waals surface area (Å²) in [6.07, 6.45) is 1.26. The van der Waals surface area contributed by atoms with Crippen LogP contribution in [0.15, 0.2) is 47.6 Å². The number of hydrogen-bond acceptors (Lipinski definition) is 6. The quantitative estimate of drug-likeness (QED) is 0.427. The van der Waals surface area contributed by atoms with E-state index in [9.17, 15) is 20.0 Å². The zero-order valence-electron chi connectivity index (χ0n) is 12.9. The number of nitrogens with one attached hydrogen (secondary N) is 2. The number of amides is 1. The van der Waals surface area contributed by atoms with Crippen molar-refractivity contribution in [2.75, 3.05) is 11.9 Å². The van der Waals surface area contributed by atoms with Gasteiger partial charge in [-0.05, 0) is 31.2 Å². The lowest BCUT2D eigenvalue weighted by atomic mass is 10.2. The largest absolute Gasteiger partial charge is 0.502 e. The minimum Gasteiger partial charge on any atom is -0.502 e. The third kappa shape index (κ3) is 4.80. The average molecular weight is 328 g/mol. The molecular weight excluding hydrogens is 312 g/mol. The molecule has 0 radical (unpaired) electrons. The predicted octanol–water partition coefficient (Wildman–Crippen LogP) is 2.17. The van der Waals surface area contributed by atoms with Gasteiger partial charge < -0.3 is 10.4 Å². The molecule has 0 atom stereocenters. The first kappa shape index (κ1) is 16.9. The molecule has 2 aromatic carbocycles. The van der Waals surface area contributed by atoms with Crippen molar-refractivity contribution in [3.63, 3.8) is 0 Å². The van der Waals surface area contributed by atoms with Gasteiger partial charge >= 0.3 is 5.69 Å². The third-order valence-corrected chi connectivity index (χ3v) is 3.10. The van der Waals surface area contributed by atoms with E-state index in [0.717, 1.165) is 17.3 Å². The molecule has 0 heterocycles. The van der Waals surface area contributed by atoms with Crippen LogP contribution in [0.5, 0.6) is 5.75 Å². The number of anilines is 1. The van der Waals surface area contributed by atoms with Gasteiger partial charge in [0.1, 0.15) is 0 Å². The van der Waals surface area contributed by atoms with Gasteiger partial charge in [0.2, 0.25) is 0 Å². The van der Waals surface area contributed by atoms with Crippen LogP contribution in [0.3, 0.4) is 0 Å². The molecule has 0 spiro atoms. The summed E-state index contributed by atoms with van der Waals surface area (Å²) in [5, 5.41) is 26.7. The Morgan fingerprint density at radius 1 is 1.29 bits per heavy atom. The molecule has 0 fully saturated rings. The van der Waals surface area contributed by atoms with Crippen molar-refractivity contribution in [1.82, 2.24) is 5.43 Å². The van der Waals surface area contributed by atoms with Crippen LogP contribution in [0.1, 0.15) is 11.1 Å². The number of nitro groups is 1. The number of nitro benzene ring substituents is 1. The Labute approximate surface area is 138 Å². The second kappa shape index (κ2) is 7.73. The SMILES string of the molecule is Cc1ccc(NCC(=O)NN=Cc2ccc(O)c([N+](=O)[O-])c2)cc1. The lowest BCUT2D eigenvalue weighted by molar-refractivity contribution is -0.385. The van der Waals surface area contributed by atoms with Crippen LogP contribution in [-0.2, 0) is 4.79 Å². The molecule has 0 aliphatic carbocycles. The minimum atomic E-state index is -0.698. The first-order valence-electron chi connectivity index (χ1n) is 7.05. The molecule has 8 heteroatoms. The second-order valence-electron chi connectivity index (χ2n) is 5.02. The Balaban J connectivity index is 1.87. The number of rotatable bonds is 6. The fourth-order valence-electron chi connectivity index (χ4n) is 1.84. The molecule has 124 valence electrons. The van der Waals surface area contributed by atoms with Crippen LogP contribution < -0.4 is 10.7 Å². The van der Waals surface area contributed by atoms with E-state index in [1.165, 1.54) is 18.3 Å². The van der Waals surface area contributed by atoms with Crippen LogP contribution in [-0.4, -0.2) is 28.7 Å². The van der Waals surface area contributed by atoms with E-state index in [-0.39, 0.29) is 12.5 Å². The van der Waals surface area contributed by atoms with E-state index in [0.29, 0.717) is 5.56 Å². The van der Waals surface area contributed by atoms with Gasteiger partial charge in [0.05, 0.1) is 17.7 Å². The number of hydrogen-bond donors (Lipinski definition) is 3. The van der Waals surface area contributed by atoms with Crippen molar-refractivity contribution < 1.29 is 14.8 Å². The molecule has 0 aromatic heterocycles. The van der Waals surface area contributed by atoms with Crippen LogP contribution in [0.2, 0.25) is 0 Å². The Bertz CT molecular complexity index is 772. The second-order valence-corrected chi connectivity index (χ2v) is 5.02. The van der Waals surface area contributed by atoms with E-state index < -0.39 is 16.4 Å². The summed E-state index contributed by atoms with van der Waals surface area (Å²) in [7, 11) is 0. The molecule has 0 unspecified atom stereocenters. The predicted molar refractivity (Wildman–Crippen MR) is 90.2 cm³/mol. The maximum Gasteiger partial charge on any atom is 0.311 e. The standard InChI is InChI=1S/C16H16N4O4/c1-11-2-5-13(6-3-11)17-10-16(22)19-18-9-12-4-7-15(21)14(8-12)20(23)24/h2-9,17,21H,10H2,1H3,(H,19,22). The molecule has 24 heavy (non-hydrogen) atoms. The zero-order valence-corrected chi connectivity index (χ0v) is 12.9. The highest BCUT2D eigenvalue weighted by molar-refractivity contribution is 5.85. The lowest BCUT2D eigenvalue weighted by Gasteiger charge is -2.05.